The van der Waals surface area contributed by atoms with E-state index in [-0.39, 0.29) is 24.6 Å². The first-order valence-corrected chi connectivity index (χ1v) is 9.05. The first-order chi connectivity index (χ1) is 13.1. The van der Waals surface area contributed by atoms with Gasteiger partial charge in [-0.1, -0.05) is 5.16 Å². The number of hydrogen-bond acceptors (Lipinski definition) is 7. The topological polar surface area (TPSA) is 113 Å². The second kappa shape index (κ2) is 9.33. The minimum Gasteiger partial charge on any atom is -0.490 e. The van der Waals surface area contributed by atoms with Crippen LogP contribution in [-0.2, 0) is 13.0 Å². The number of nitrogens with zero attached hydrogens (tertiary/aromatic N) is 3. The van der Waals surface area contributed by atoms with E-state index in [1.807, 2.05) is 24.3 Å². The Morgan fingerprint density at radius 3 is 2.74 bits per heavy atom. The second-order valence-electron chi connectivity index (χ2n) is 6.54. The molecular weight excluding hydrogens is 350 g/mol. The number of benzene rings is 1. The number of piperidine rings is 1. The van der Waals surface area contributed by atoms with E-state index in [1.165, 1.54) is 0 Å². The van der Waals surface area contributed by atoms with Crippen LogP contribution in [-0.4, -0.2) is 59.0 Å². The van der Waals surface area contributed by atoms with Crippen molar-refractivity contribution in [3.05, 3.63) is 36.0 Å². The van der Waals surface area contributed by atoms with Gasteiger partial charge < -0.3 is 29.9 Å². The van der Waals surface area contributed by atoms with E-state index in [2.05, 4.69) is 32.7 Å². The van der Waals surface area contributed by atoms with E-state index >= 15 is 0 Å². The summed E-state index contributed by atoms with van der Waals surface area (Å²) in [7, 11) is 2.12. The fraction of sp³-hybridized carbons (Fsp3) is 0.500. The number of aliphatic hydroxyl groups is 1. The smallest absolute Gasteiger partial charge is 0.319 e. The predicted molar refractivity (Wildman–Crippen MR) is 98.5 cm³/mol. The van der Waals surface area contributed by atoms with Gasteiger partial charge in [-0.25, -0.2) is 4.79 Å². The molecule has 2 aromatic rings. The molecule has 2 amide bonds. The Balaban J connectivity index is 1.39. The molecule has 146 valence electrons. The van der Waals surface area contributed by atoms with Gasteiger partial charge in [-0.15, -0.1) is 0 Å². The Hall–Kier alpha value is -2.65. The Morgan fingerprint density at radius 1 is 1.33 bits per heavy atom. The number of carbonyl (C=O) groups is 1. The summed E-state index contributed by atoms with van der Waals surface area (Å²) in [5.41, 5.74) is 0.686. The highest BCUT2D eigenvalue weighted by Crippen LogP contribution is 2.20. The van der Waals surface area contributed by atoms with Gasteiger partial charge in [0.25, 0.3) is 5.89 Å². The first kappa shape index (κ1) is 19.1. The summed E-state index contributed by atoms with van der Waals surface area (Å²) < 4.78 is 10.8. The molecule has 1 fully saturated rings. The van der Waals surface area contributed by atoms with Crippen LogP contribution in [0, 0.1) is 0 Å². The molecule has 0 bridgehead atoms. The van der Waals surface area contributed by atoms with Crippen molar-refractivity contribution in [1.29, 1.82) is 0 Å². The SMILES string of the molecule is CN1CCC(Oc2ccc(NC(=O)NCCc3noc(CO)n3)cc2)CC1. The number of anilines is 1. The van der Waals surface area contributed by atoms with Crippen molar-refractivity contribution in [2.24, 2.45) is 0 Å². The van der Waals surface area contributed by atoms with Gasteiger partial charge in [0.15, 0.2) is 5.82 Å². The lowest BCUT2D eigenvalue weighted by Gasteiger charge is -2.29. The zero-order valence-corrected chi connectivity index (χ0v) is 15.4. The van der Waals surface area contributed by atoms with Crippen molar-refractivity contribution in [3.8, 4) is 5.75 Å². The quantitative estimate of drug-likeness (QED) is 0.670. The van der Waals surface area contributed by atoms with Crippen molar-refractivity contribution >= 4 is 11.7 Å². The minimum atomic E-state index is -0.315. The van der Waals surface area contributed by atoms with Crippen LogP contribution in [0.15, 0.2) is 28.8 Å². The molecular formula is C18H25N5O4. The number of likely N-dealkylation sites (tertiary alicyclic amines) is 1. The van der Waals surface area contributed by atoms with Crippen molar-refractivity contribution in [3.63, 3.8) is 0 Å². The molecule has 0 unspecified atom stereocenters. The predicted octanol–water partition coefficient (Wildman–Crippen LogP) is 1.40. The molecule has 2 heterocycles. The number of hydrogen-bond donors (Lipinski definition) is 3. The maximum absolute atomic E-state index is 11.9. The lowest BCUT2D eigenvalue weighted by atomic mass is 10.1. The molecule has 9 heteroatoms. The van der Waals surface area contributed by atoms with E-state index in [1.54, 1.807) is 0 Å². The number of nitrogens with one attached hydrogen (secondary N) is 2. The van der Waals surface area contributed by atoms with Crippen LogP contribution in [0.2, 0.25) is 0 Å². The fourth-order valence-electron chi connectivity index (χ4n) is 2.83. The van der Waals surface area contributed by atoms with Gasteiger partial charge in [0.2, 0.25) is 0 Å². The molecule has 0 atom stereocenters. The van der Waals surface area contributed by atoms with Gasteiger partial charge in [0, 0.05) is 31.7 Å². The Morgan fingerprint density at radius 2 is 2.07 bits per heavy atom. The number of rotatable bonds is 7. The summed E-state index contributed by atoms with van der Waals surface area (Å²) in [6, 6.07) is 7.05. The third-order valence-corrected chi connectivity index (χ3v) is 4.36. The zero-order valence-electron chi connectivity index (χ0n) is 15.4. The van der Waals surface area contributed by atoms with Crippen LogP contribution >= 0.6 is 0 Å². The number of aliphatic hydroxyl groups excluding tert-OH is 1. The second-order valence-corrected chi connectivity index (χ2v) is 6.54. The third-order valence-electron chi connectivity index (χ3n) is 4.36. The van der Waals surface area contributed by atoms with Crippen LogP contribution in [0.25, 0.3) is 0 Å². The van der Waals surface area contributed by atoms with Crippen LogP contribution in [0.1, 0.15) is 24.6 Å². The molecule has 0 saturated carbocycles. The average Bonchev–Trinajstić information content (AvgIpc) is 3.13. The summed E-state index contributed by atoms with van der Waals surface area (Å²) >= 11 is 0. The lowest BCUT2D eigenvalue weighted by Crippen LogP contribution is -2.35. The molecule has 3 N–H and O–H groups in total. The van der Waals surface area contributed by atoms with Crippen LogP contribution in [0.5, 0.6) is 5.75 Å². The summed E-state index contributed by atoms with van der Waals surface area (Å²) in [4.78, 5) is 18.2. The van der Waals surface area contributed by atoms with Crippen LogP contribution in [0.4, 0.5) is 10.5 Å². The van der Waals surface area contributed by atoms with Crippen molar-refractivity contribution in [1.82, 2.24) is 20.4 Å². The Labute approximate surface area is 157 Å². The summed E-state index contributed by atoms with van der Waals surface area (Å²) in [5, 5.41) is 18.0. The molecule has 1 aromatic carbocycles. The molecule has 3 rings (SSSR count). The number of amides is 2. The fourth-order valence-corrected chi connectivity index (χ4v) is 2.83. The molecule has 0 aliphatic carbocycles. The maximum Gasteiger partial charge on any atom is 0.319 e. The van der Waals surface area contributed by atoms with E-state index < -0.39 is 0 Å². The minimum absolute atomic E-state index is 0.164. The summed E-state index contributed by atoms with van der Waals surface area (Å²) in [6.45, 7) is 2.16. The van der Waals surface area contributed by atoms with Crippen molar-refractivity contribution < 1.29 is 19.2 Å². The number of aromatic nitrogens is 2. The van der Waals surface area contributed by atoms with Crippen molar-refractivity contribution in [2.75, 3.05) is 32.0 Å². The van der Waals surface area contributed by atoms with Crippen molar-refractivity contribution in [2.45, 2.75) is 32.0 Å². The van der Waals surface area contributed by atoms with E-state index in [9.17, 15) is 4.79 Å². The van der Waals surface area contributed by atoms with Gasteiger partial charge in [0.05, 0.1) is 0 Å². The van der Waals surface area contributed by atoms with E-state index in [0.29, 0.717) is 24.5 Å². The highest BCUT2D eigenvalue weighted by molar-refractivity contribution is 5.89. The van der Waals surface area contributed by atoms with E-state index in [0.717, 1.165) is 31.7 Å². The number of ether oxygens (including phenoxy) is 1. The third kappa shape index (κ3) is 5.93. The largest absolute Gasteiger partial charge is 0.490 e. The normalized spacial score (nSPS) is 15.5. The van der Waals surface area contributed by atoms with Gasteiger partial charge in [-0.2, -0.15) is 4.98 Å². The summed E-state index contributed by atoms with van der Waals surface area (Å²) in [5.74, 6) is 1.42. The average molecular weight is 375 g/mol. The first-order valence-electron chi connectivity index (χ1n) is 9.05. The van der Waals surface area contributed by atoms with Gasteiger partial charge in [-0.3, -0.25) is 0 Å². The number of carbonyl (C=O) groups excluding carboxylic acids is 1. The molecule has 27 heavy (non-hydrogen) atoms. The standard InChI is InChI=1S/C18H25N5O4/c1-23-10-7-15(8-11-23)26-14-4-2-13(3-5-14)20-18(25)19-9-6-16-21-17(12-24)27-22-16/h2-5,15,24H,6-12H2,1H3,(H2,19,20,25). The molecule has 1 saturated heterocycles. The Kier molecular flexibility index (Phi) is 6.61. The van der Waals surface area contributed by atoms with E-state index in [4.69, 9.17) is 14.4 Å². The van der Waals surface area contributed by atoms with Crippen LogP contribution in [0.3, 0.4) is 0 Å². The van der Waals surface area contributed by atoms with Gasteiger partial charge in [0.1, 0.15) is 18.5 Å². The maximum atomic E-state index is 11.9. The lowest BCUT2D eigenvalue weighted by molar-refractivity contribution is 0.114. The molecule has 0 radical (unpaired) electrons. The molecule has 9 nitrogen and oxygen atoms in total. The highest BCUT2D eigenvalue weighted by atomic mass is 16.5. The zero-order chi connectivity index (χ0) is 19.1. The molecule has 1 aliphatic heterocycles. The van der Waals surface area contributed by atoms with Crippen LogP contribution < -0.4 is 15.4 Å². The highest BCUT2D eigenvalue weighted by Gasteiger charge is 2.17. The Bertz CT molecular complexity index is 726. The monoisotopic (exact) mass is 375 g/mol. The molecule has 1 aromatic heterocycles. The van der Waals surface area contributed by atoms with Gasteiger partial charge in [-0.05, 0) is 44.2 Å². The molecule has 0 spiro atoms. The number of urea groups is 1. The summed E-state index contributed by atoms with van der Waals surface area (Å²) in [6.07, 6.45) is 2.72. The molecule has 1 aliphatic rings. The van der Waals surface area contributed by atoms with Gasteiger partial charge >= 0.3 is 6.03 Å².